The second kappa shape index (κ2) is 5.63. The summed E-state index contributed by atoms with van der Waals surface area (Å²) in [5, 5.41) is 12.4. The van der Waals surface area contributed by atoms with Gasteiger partial charge >= 0.3 is 0 Å². The Morgan fingerprint density at radius 2 is 1.94 bits per heavy atom. The Morgan fingerprint density at radius 3 is 2.56 bits per heavy atom. The highest BCUT2D eigenvalue weighted by atomic mass is 16.5. The van der Waals surface area contributed by atoms with Crippen LogP contribution in [0.3, 0.4) is 0 Å². The average Bonchev–Trinajstić information content (AvgIpc) is 2.38. The van der Waals surface area contributed by atoms with Gasteiger partial charge in [-0.05, 0) is 0 Å². The third kappa shape index (κ3) is 2.81. The third-order valence-corrected chi connectivity index (χ3v) is 2.70. The lowest BCUT2D eigenvalue weighted by atomic mass is 10.1. The largest absolute Gasteiger partial charge is 0.411 e. The molecule has 0 bridgehead atoms. The number of oxime groups is 1. The van der Waals surface area contributed by atoms with Crippen LogP contribution in [0.1, 0.15) is 5.56 Å². The predicted octanol–water partition coefficient (Wildman–Crippen LogP) is 1.20. The van der Waals surface area contributed by atoms with Crippen molar-refractivity contribution < 1.29 is 9.94 Å². The molecule has 0 amide bonds. The molecule has 16 heavy (non-hydrogen) atoms. The number of hydrogen-bond donors (Lipinski definition) is 1. The molecule has 0 aromatic heterocycles. The summed E-state index contributed by atoms with van der Waals surface area (Å²) in [5.74, 6) is 0. The van der Waals surface area contributed by atoms with E-state index in [1.165, 1.54) is 0 Å². The first-order valence-electron chi connectivity index (χ1n) is 5.46. The van der Waals surface area contributed by atoms with Crippen molar-refractivity contribution in [3.8, 4) is 0 Å². The lowest BCUT2D eigenvalue weighted by Crippen LogP contribution is -2.39. The van der Waals surface area contributed by atoms with Gasteiger partial charge < -0.3 is 9.94 Å². The Kier molecular flexibility index (Phi) is 3.91. The van der Waals surface area contributed by atoms with Gasteiger partial charge in [-0.1, -0.05) is 35.5 Å². The second-order valence-electron chi connectivity index (χ2n) is 3.80. The zero-order valence-corrected chi connectivity index (χ0v) is 9.17. The maximum Gasteiger partial charge on any atom is 0.101 e. The van der Waals surface area contributed by atoms with E-state index in [1.807, 2.05) is 30.3 Å². The minimum absolute atomic E-state index is 0.671. The van der Waals surface area contributed by atoms with Crippen molar-refractivity contribution in [1.29, 1.82) is 0 Å². The molecule has 1 fully saturated rings. The van der Waals surface area contributed by atoms with Gasteiger partial charge in [0.05, 0.1) is 13.2 Å². The number of nitrogens with zero attached hydrogens (tertiary/aromatic N) is 2. The van der Waals surface area contributed by atoms with E-state index >= 15 is 0 Å². The van der Waals surface area contributed by atoms with Gasteiger partial charge in [-0.2, -0.15) is 0 Å². The highest BCUT2D eigenvalue weighted by molar-refractivity contribution is 6.01. The molecule has 4 nitrogen and oxygen atoms in total. The summed E-state index contributed by atoms with van der Waals surface area (Å²) in [6.45, 7) is 3.97. The lowest BCUT2D eigenvalue weighted by molar-refractivity contribution is 0.0450. The van der Waals surface area contributed by atoms with Crippen molar-refractivity contribution in [3.63, 3.8) is 0 Å². The van der Waals surface area contributed by atoms with Crippen LogP contribution < -0.4 is 0 Å². The molecule has 1 heterocycles. The first-order valence-corrected chi connectivity index (χ1v) is 5.46. The molecule has 4 heteroatoms. The summed E-state index contributed by atoms with van der Waals surface area (Å²) in [6, 6.07) is 9.75. The molecule has 1 N–H and O–H groups in total. The van der Waals surface area contributed by atoms with Crippen LogP contribution >= 0.6 is 0 Å². The van der Waals surface area contributed by atoms with Crippen molar-refractivity contribution in [2.24, 2.45) is 5.16 Å². The Labute approximate surface area is 95.1 Å². The fourth-order valence-corrected chi connectivity index (χ4v) is 1.78. The fraction of sp³-hybridized carbons (Fsp3) is 0.417. The summed E-state index contributed by atoms with van der Waals surface area (Å²) in [7, 11) is 0. The van der Waals surface area contributed by atoms with Crippen molar-refractivity contribution in [2.75, 3.05) is 32.8 Å². The number of morpholine rings is 1. The summed E-state index contributed by atoms with van der Waals surface area (Å²) >= 11 is 0. The molecular formula is C12H16N2O2. The highest BCUT2D eigenvalue weighted by Gasteiger charge is 2.14. The van der Waals surface area contributed by atoms with Gasteiger partial charge in [0.1, 0.15) is 5.71 Å². The molecule has 1 aliphatic heterocycles. The zero-order chi connectivity index (χ0) is 11.2. The SMILES string of the molecule is O/N=C(/CN1CCOCC1)c1ccccc1. The van der Waals surface area contributed by atoms with E-state index in [0.29, 0.717) is 12.3 Å². The molecule has 0 aliphatic carbocycles. The summed E-state index contributed by atoms with van der Waals surface area (Å²) in [6.07, 6.45) is 0. The fourth-order valence-electron chi connectivity index (χ4n) is 1.78. The molecule has 2 rings (SSSR count). The maximum absolute atomic E-state index is 9.04. The minimum atomic E-state index is 0.671. The van der Waals surface area contributed by atoms with Crippen LogP contribution in [0, 0.1) is 0 Å². The predicted molar refractivity (Wildman–Crippen MR) is 62.0 cm³/mol. The van der Waals surface area contributed by atoms with Crippen molar-refractivity contribution >= 4 is 5.71 Å². The Bertz CT molecular complexity index is 345. The first-order chi connectivity index (χ1) is 7.90. The summed E-state index contributed by atoms with van der Waals surface area (Å²) in [4.78, 5) is 2.23. The summed E-state index contributed by atoms with van der Waals surface area (Å²) in [5.41, 5.74) is 1.68. The molecule has 1 saturated heterocycles. The van der Waals surface area contributed by atoms with Gasteiger partial charge in [0.15, 0.2) is 0 Å². The van der Waals surface area contributed by atoms with E-state index in [0.717, 1.165) is 31.9 Å². The molecule has 0 atom stereocenters. The van der Waals surface area contributed by atoms with E-state index in [9.17, 15) is 0 Å². The molecule has 0 radical (unpaired) electrons. The van der Waals surface area contributed by atoms with Crippen molar-refractivity contribution in [2.45, 2.75) is 0 Å². The number of ether oxygens (including phenoxy) is 1. The molecule has 86 valence electrons. The van der Waals surface area contributed by atoms with Gasteiger partial charge in [-0.25, -0.2) is 0 Å². The molecule has 0 saturated carbocycles. The standard InChI is InChI=1S/C12H16N2O2/c15-13-12(11-4-2-1-3-5-11)10-14-6-8-16-9-7-14/h1-5,15H,6-10H2/b13-12-. The van der Waals surface area contributed by atoms with E-state index in [4.69, 9.17) is 9.94 Å². The van der Waals surface area contributed by atoms with Crippen LogP contribution in [0.5, 0.6) is 0 Å². The van der Waals surface area contributed by atoms with Crippen molar-refractivity contribution in [3.05, 3.63) is 35.9 Å². The highest BCUT2D eigenvalue weighted by Crippen LogP contribution is 2.05. The topological polar surface area (TPSA) is 45.1 Å². The zero-order valence-electron chi connectivity index (χ0n) is 9.17. The molecule has 1 aromatic carbocycles. The Balaban J connectivity index is 2.01. The van der Waals surface area contributed by atoms with Gasteiger partial charge in [0.2, 0.25) is 0 Å². The van der Waals surface area contributed by atoms with Gasteiger partial charge in [0, 0.05) is 25.2 Å². The van der Waals surface area contributed by atoms with Crippen molar-refractivity contribution in [1.82, 2.24) is 4.90 Å². The second-order valence-corrected chi connectivity index (χ2v) is 3.80. The molecule has 0 spiro atoms. The third-order valence-electron chi connectivity index (χ3n) is 2.70. The van der Waals surface area contributed by atoms with Crippen LogP contribution in [-0.4, -0.2) is 48.7 Å². The Hall–Kier alpha value is -1.39. The monoisotopic (exact) mass is 220 g/mol. The lowest BCUT2D eigenvalue weighted by Gasteiger charge is -2.26. The normalized spacial score (nSPS) is 18.6. The molecule has 1 aliphatic rings. The Morgan fingerprint density at radius 1 is 1.25 bits per heavy atom. The van der Waals surface area contributed by atoms with Crippen LogP contribution in [0.2, 0.25) is 0 Å². The average molecular weight is 220 g/mol. The molecule has 1 aromatic rings. The van der Waals surface area contributed by atoms with Crippen LogP contribution in [0.4, 0.5) is 0 Å². The van der Waals surface area contributed by atoms with Gasteiger partial charge in [0.25, 0.3) is 0 Å². The number of rotatable bonds is 3. The van der Waals surface area contributed by atoms with E-state index in [-0.39, 0.29) is 0 Å². The quantitative estimate of drug-likeness (QED) is 0.473. The van der Waals surface area contributed by atoms with E-state index < -0.39 is 0 Å². The van der Waals surface area contributed by atoms with Crippen LogP contribution in [-0.2, 0) is 4.74 Å². The van der Waals surface area contributed by atoms with Gasteiger partial charge in [-0.15, -0.1) is 0 Å². The maximum atomic E-state index is 9.04. The minimum Gasteiger partial charge on any atom is -0.411 e. The van der Waals surface area contributed by atoms with Gasteiger partial charge in [-0.3, -0.25) is 4.90 Å². The van der Waals surface area contributed by atoms with Crippen LogP contribution in [0.15, 0.2) is 35.5 Å². The molecular weight excluding hydrogens is 204 g/mol. The van der Waals surface area contributed by atoms with E-state index in [1.54, 1.807) is 0 Å². The number of benzene rings is 1. The molecule has 0 unspecified atom stereocenters. The number of hydrogen-bond acceptors (Lipinski definition) is 4. The van der Waals surface area contributed by atoms with E-state index in [2.05, 4.69) is 10.1 Å². The smallest absolute Gasteiger partial charge is 0.101 e. The summed E-state index contributed by atoms with van der Waals surface area (Å²) < 4.78 is 5.28. The van der Waals surface area contributed by atoms with Crippen LogP contribution in [0.25, 0.3) is 0 Å². The first kappa shape index (κ1) is 11.1.